The summed E-state index contributed by atoms with van der Waals surface area (Å²) in [5, 5.41) is 8.80. The minimum Gasteiger partial charge on any atom is -0.368 e. The number of primary amides is 1. The lowest BCUT2D eigenvalue weighted by Gasteiger charge is -2.26. The highest BCUT2D eigenvalue weighted by Crippen LogP contribution is 2.25. The molecule has 2 aliphatic heterocycles. The van der Waals surface area contributed by atoms with Gasteiger partial charge in [-0.2, -0.15) is 16.9 Å². The first kappa shape index (κ1) is 21.4. The van der Waals surface area contributed by atoms with Crippen LogP contribution in [-0.4, -0.2) is 59.6 Å². The second-order valence-corrected chi connectivity index (χ2v) is 8.93. The van der Waals surface area contributed by atoms with Crippen molar-refractivity contribution in [3.05, 3.63) is 60.2 Å². The Bertz CT molecular complexity index is 942. The Hall–Kier alpha value is -2.84. The molecule has 7 nitrogen and oxygen atoms in total. The number of rotatable bonds is 7. The van der Waals surface area contributed by atoms with Crippen LogP contribution < -0.4 is 16.1 Å². The lowest BCUT2D eigenvalue weighted by molar-refractivity contribution is -0.119. The fourth-order valence-electron chi connectivity index (χ4n) is 3.76. The predicted octanol–water partition coefficient (Wildman–Crippen LogP) is 2.34. The highest BCUT2D eigenvalue weighted by molar-refractivity contribution is 7.99. The van der Waals surface area contributed by atoms with Crippen molar-refractivity contribution in [2.45, 2.75) is 18.9 Å². The van der Waals surface area contributed by atoms with E-state index in [1.54, 1.807) is 0 Å². The van der Waals surface area contributed by atoms with Crippen LogP contribution in [0.5, 0.6) is 0 Å². The second kappa shape index (κ2) is 9.98. The molecule has 2 aromatic carbocycles. The van der Waals surface area contributed by atoms with E-state index in [4.69, 9.17) is 5.73 Å². The topological polar surface area (TPSA) is 91.0 Å². The number of carbonyl (C=O) groups is 2. The van der Waals surface area contributed by atoms with Gasteiger partial charge >= 0.3 is 0 Å². The van der Waals surface area contributed by atoms with Crippen LogP contribution in [0.15, 0.2) is 59.7 Å². The van der Waals surface area contributed by atoms with E-state index in [0.29, 0.717) is 11.4 Å². The van der Waals surface area contributed by atoms with Crippen molar-refractivity contribution in [3.63, 3.8) is 0 Å². The molecule has 2 aliphatic rings. The Labute approximate surface area is 186 Å². The number of thioether (sulfide) groups is 1. The van der Waals surface area contributed by atoms with E-state index >= 15 is 0 Å². The maximum Gasteiger partial charge on any atom is 0.271 e. The summed E-state index contributed by atoms with van der Waals surface area (Å²) in [5.74, 6) is 1.61. The highest BCUT2D eigenvalue weighted by Gasteiger charge is 2.34. The Morgan fingerprint density at radius 3 is 2.45 bits per heavy atom. The molecule has 2 heterocycles. The summed E-state index contributed by atoms with van der Waals surface area (Å²) in [7, 11) is 0. The van der Waals surface area contributed by atoms with Crippen LogP contribution in [0.25, 0.3) is 0 Å². The normalized spacial score (nSPS) is 19.2. The Kier molecular flexibility index (Phi) is 6.89. The minimum absolute atomic E-state index is 0.183. The molecule has 0 bridgehead atoms. The van der Waals surface area contributed by atoms with E-state index in [2.05, 4.69) is 15.3 Å². The van der Waals surface area contributed by atoms with Crippen LogP contribution in [-0.2, 0) is 16.0 Å². The van der Waals surface area contributed by atoms with Crippen LogP contribution >= 0.6 is 11.8 Å². The van der Waals surface area contributed by atoms with E-state index in [0.717, 1.165) is 31.7 Å². The molecule has 4 rings (SSSR count). The van der Waals surface area contributed by atoms with Crippen molar-refractivity contribution < 1.29 is 9.59 Å². The van der Waals surface area contributed by atoms with Crippen molar-refractivity contribution in [2.75, 3.05) is 41.5 Å². The third-order valence-corrected chi connectivity index (χ3v) is 6.50. The zero-order chi connectivity index (χ0) is 21.6. The molecule has 1 fully saturated rings. The van der Waals surface area contributed by atoms with Gasteiger partial charge in [-0.05, 0) is 36.2 Å². The summed E-state index contributed by atoms with van der Waals surface area (Å²) in [5.41, 5.74) is 8.52. The third-order valence-electron chi connectivity index (χ3n) is 5.55. The fraction of sp³-hybridized carbons (Fsp3) is 0.348. The van der Waals surface area contributed by atoms with Crippen molar-refractivity contribution >= 4 is 40.7 Å². The van der Waals surface area contributed by atoms with Gasteiger partial charge in [0.15, 0.2) is 0 Å². The van der Waals surface area contributed by atoms with E-state index < -0.39 is 11.9 Å². The number of hydrogen-bond acceptors (Lipinski definition) is 6. The second-order valence-electron chi connectivity index (χ2n) is 7.70. The average molecular weight is 438 g/mol. The van der Waals surface area contributed by atoms with Gasteiger partial charge in [0.05, 0.1) is 5.69 Å². The zero-order valence-corrected chi connectivity index (χ0v) is 18.2. The molecule has 162 valence electrons. The summed E-state index contributed by atoms with van der Waals surface area (Å²) < 4.78 is 0. The number of nitrogens with two attached hydrogens (primary N) is 1. The molecule has 0 spiro atoms. The molecule has 2 aromatic rings. The molecule has 31 heavy (non-hydrogen) atoms. The Morgan fingerprint density at radius 2 is 1.77 bits per heavy atom. The summed E-state index contributed by atoms with van der Waals surface area (Å²) in [4.78, 5) is 27.1. The maximum absolute atomic E-state index is 12.7. The number of amides is 2. The maximum atomic E-state index is 12.7. The molecular formula is C23H27N5O2S. The molecule has 1 unspecified atom stereocenters. The molecule has 2 amide bonds. The smallest absolute Gasteiger partial charge is 0.271 e. The van der Waals surface area contributed by atoms with Crippen molar-refractivity contribution in [3.8, 4) is 0 Å². The largest absolute Gasteiger partial charge is 0.368 e. The first-order chi connectivity index (χ1) is 15.1. The monoisotopic (exact) mass is 437 g/mol. The number of para-hydroxylation sites is 1. The quantitative estimate of drug-likeness (QED) is 0.694. The van der Waals surface area contributed by atoms with Gasteiger partial charge in [-0.3, -0.25) is 14.6 Å². The summed E-state index contributed by atoms with van der Waals surface area (Å²) in [6.45, 7) is 3.38. The average Bonchev–Trinajstić information content (AvgIpc) is 3.26. The van der Waals surface area contributed by atoms with Gasteiger partial charge in [-0.25, -0.2) is 0 Å². The molecule has 1 saturated heterocycles. The minimum atomic E-state index is -0.668. The van der Waals surface area contributed by atoms with Gasteiger partial charge in [0.1, 0.15) is 11.8 Å². The predicted molar refractivity (Wildman–Crippen MR) is 126 cm³/mol. The van der Waals surface area contributed by atoms with Crippen LogP contribution in [0.3, 0.4) is 0 Å². The number of nitrogens with one attached hydrogen (secondary N) is 1. The molecule has 1 atom stereocenters. The number of hydrazone groups is 1. The van der Waals surface area contributed by atoms with Gasteiger partial charge in [-0.15, -0.1) is 0 Å². The molecule has 0 aromatic heterocycles. The van der Waals surface area contributed by atoms with E-state index in [1.807, 2.05) is 66.4 Å². The molecule has 0 radical (unpaired) electrons. The summed E-state index contributed by atoms with van der Waals surface area (Å²) >= 11 is 2.02. The molecule has 8 heteroatoms. The zero-order valence-electron chi connectivity index (χ0n) is 17.4. The van der Waals surface area contributed by atoms with Gasteiger partial charge in [0.2, 0.25) is 5.91 Å². The van der Waals surface area contributed by atoms with Gasteiger partial charge in [0.25, 0.3) is 5.91 Å². The van der Waals surface area contributed by atoms with Crippen molar-refractivity contribution in [2.24, 2.45) is 10.8 Å². The van der Waals surface area contributed by atoms with Crippen LogP contribution in [0.2, 0.25) is 0 Å². The SMILES string of the molecule is NC(=O)C1CC(C(=O)Nc2ccc(CCN3CCSCC3)cc2)=NN1c1ccccc1. The van der Waals surface area contributed by atoms with E-state index in [9.17, 15) is 9.59 Å². The van der Waals surface area contributed by atoms with E-state index in [1.165, 1.54) is 22.1 Å². The Morgan fingerprint density at radius 1 is 1.06 bits per heavy atom. The highest BCUT2D eigenvalue weighted by atomic mass is 32.2. The fourth-order valence-corrected chi connectivity index (χ4v) is 4.74. The molecule has 3 N–H and O–H groups in total. The summed E-state index contributed by atoms with van der Waals surface area (Å²) in [6, 6.07) is 16.5. The van der Waals surface area contributed by atoms with Crippen LogP contribution in [0.4, 0.5) is 11.4 Å². The van der Waals surface area contributed by atoms with Crippen molar-refractivity contribution in [1.82, 2.24) is 4.90 Å². The molecule has 0 aliphatic carbocycles. The third kappa shape index (κ3) is 5.45. The standard InChI is InChI=1S/C23H27N5O2S/c24-22(29)21-16-20(26-28(21)19-4-2-1-3-5-19)23(30)25-18-8-6-17(7-9-18)10-11-27-12-14-31-15-13-27/h1-9,21H,10-16H2,(H2,24,29)(H,25,30). The van der Waals surface area contributed by atoms with Gasteiger partial charge in [0, 0.05) is 43.2 Å². The van der Waals surface area contributed by atoms with Gasteiger partial charge < -0.3 is 16.0 Å². The number of benzene rings is 2. The molecule has 0 saturated carbocycles. The van der Waals surface area contributed by atoms with Crippen LogP contribution in [0, 0.1) is 0 Å². The number of carbonyl (C=O) groups excluding carboxylic acids is 2. The number of hydrogen-bond donors (Lipinski definition) is 2. The molecular weight excluding hydrogens is 410 g/mol. The number of anilines is 2. The summed E-state index contributed by atoms with van der Waals surface area (Å²) in [6.07, 6.45) is 1.18. The lowest BCUT2D eigenvalue weighted by atomic mass is 10.1. The lowest BCUT2D eigenvalue weighted by Crippen LogP contribution is -2.39. The van der Waals surface area contributed by atoms with Gasteiger partial charge in [-0.1, -0.05) is 30.3 Å². The first-order valence-corrected chi connectivity index (χ1v) is 11.7. The van der Waals surface area contributed by atoms with Crippen LogP contribution in [0.1, 0.15) is 12.0 Å². The Balaban J connectivity index is 1.36. The first-order valence-electron chi connectivity index (χ1n) is 10.5. The van der Waals surface area contributed by atoms with Crippen molar-refractivity contribution in [1.29, 1.82) is 0 Å². The van der Waals surface area contributed by atoms with E-state index in [-0.39, 0.29) is 12.3 Å². The number of nitrogens with zero attached hydrogens (tertiary/aromatic N) is 3.